The highest BCUT2D eigenvalue weighted by atomic mass is 31.0. The number of hydrogen-bond acceptors (Lipinski definition) is 0. The Morgan fingerprint density at radius 2 is 1.71 bits per heavy atom. The molecule has 0 nitrogen and oxygen atoms in total. The van der Waals surface area contributed by atoms with E-state index in [4.69, 9.17) is 0 Å². The summed E-state index contributed by atoms with van der Waals surface area (Å²) in [5, 5.41) is 4.68. The van der Waals surface area contributed by atoms with E-state index in [2.05, 4.69) is 37.0 Å². The molecular weight excluding hydrogens is 223 g/mol. The van der Waals surface area contributed by atoms with E-state index in [1.54, 1.807) is 5.30 Å². The van der Waals surface area contributed by atoms with Crippen molar-refractivity contribution in [2.75, 3.05) is 0 Å². The molecule has 0 radical (unpaired) electrons. The van der Waals surface area contributed by atoms with Gasteiger partial charge in [0.05, 0.1) is 0 Å². The maximum atomic E-state index is 2.40. The summed E-state index contributed by atoms with van der Waals surface area (Å²) < 4.78 is 0. The van der Waals surface area contributed by atoms with Gasteiger partial charge >= 0.3 is 0 Å². The maximum absolute atomic E-state index is 2.40. The second-order valence-electron chi connectivity index (χ2n) is 4.87. The minimum Gasteiger partial charge on any atom is -0.135 e. The summed E-state index contributed by atoms with van der Waals surface area (Å²) >= 11 is 0. The lowest BCUT2D eigenvalue weighted by Gasteiger charge is -2.01. The van der Waals surface area contributed by atoms with Crippen molar-refractivity contribution in [1.82, 2.24) is 0 Å². The van der Waals surface area contributed by atoms with Crippen molar-refractivity contribution >= 4 is 19.0 Å². The summed E-state index contributed by atoms with van der Waals surface area (Å²) in [5.41, 5.74) is 0. The van der Waals surface area contributed by atoms with Crippen molar-refractivity contribution in [3.05, 3.63) is 35.4 Å². The fraction of sp³-hybridized carbons (Fsp3) is 0.500. The van der Waals surface area contributed by atoms with E-state index in [1.807, 2.05) is 0 Å². The Hall–Kier alpha value is -0.740. The highest BCUT2D eigenvalue weighted by molar-refractivity contribution is 7.31. The van der Waals surface area contributed by atoms with Gasteiger partial charge in [0.2, 0.25) is 0 Å². The maximum Gasteiger partial charge on any atom is -0.0112 e. The molecule has 0 amide bonds. The van der Waals surface area contributed by atoms with Gasteiger partial charge in [-0.3, -0.25) is 0 Å². The van der Waals surface area contributed by atoms with Gasteiger partial charge in [0.25, 0.3) is 0 Å². The van der Waals surface area contributed by atoms with Crippen molar-refractivity contribution < 1.29 is 0 Å². The van der Waals surface area contributed by atoms with Crippen LogP contribution in [0.1, 0.15) is 50.7 Å². The van der Waals surface area contributed by atoms with E-state index >= 15 is 0 Å². The molecule has 1 unspecified atom stereocenters. The van der Waals surface area contributed by atoms with E-state index in [0.29, 0.717) is 0 Å². The molecule has 0 aliphatic rings. The third-order valence-corrected chi connectivity index (χ3v) is 4.79. The zero-order chi connectivity index (χ0) is 11.9. The van der Waals surface area contributed by atoms with E-state index in [0.717, 1.165) is 8.19 Å². The van der Waals surface area contributed by atoms with Gasteiger partial charge in [-0.1, -0.05) is 63.3 Å². The molecule has 2 rings (SSSR count). The van der Waals surface area contributed by atoms with Crippen LogP contribution < -0.4 is 0 Å². The molecule has 1 aromatic carbocycles. The van der Waals surface area contributed by atoms with Crippen LogP contribution in [-0.2, 0) is 6.42 Å². The number of fused-ring (bicyclic) bond motifs is 1. The molecule has 92 valence electrons. The van der Waals surface area contributed by atoms with Crippen molar-refractivity contribution in [2.24, 2.45) is 0 Å². The number of rotatable bonds is 7. The normalized spacial score (nSPS) is 11.6. The van der Waals surface area contributed by atoms with Crippen LogP contribution in [0.15, 0.2) is 30.1 Å². The first-order valence-electron chi connectivity index (χ1n) is 6.97. The molecule has 0 saturated carbocycles. The molecule has 1 aromatic heterocycles. The van der Waals surface area contributed by atoms with Crippen LogP contribution >= 0.6 is 8.19 Å². The molecule has 0 aliphatic heterocycles. The third-order valence-electron chi connectivity index (χ3n) is 3.47. The van der Waals surface area contributed by atoms with Gasteiger partial charge in [-0.15, -0.1) is 8.19 Å². The minimum absolute atomic E-state index is 0.941. The smallest absolute Gasteiger partial charge is 0.0112 e. The van der Waals surface area contributed by atoms with Crippen LogP contribution in [0, 0.1) is 0 Å². The zero-order valence-electron chi connectivity index (χ0n) is 10.8. The second kappa shape index (κ2) is 6.87. The van der Waals surface area contributed by atoms with Gasteiger partial charge in [-0.25, -0.2) is 0 Å². The fourth-order valence-electron chi connectivity index (χ4n) is 2.43. The van der Waals surface area contributed by atoms with Gasteiger partial charge in [0.15, 0.2) is 0 Å². The highest BCUT2D eigenvalue weighted by Crippen LogP contribution is 2.30. The van der Waals surface area contributed by atoms with Crippen LogP contribution in [0.2, 0.25) is 0 Å². The van der Waals surface area contributed by atoms with E-state index in [-0.39, 0.29) is 0 Å². The van der Waals surface area contributed by atoms with Crippen molar-refractivity contribution in [3.63, 3.8) is 0 Å². The summed E-state index contributed by atoms with van der Waals surface area (Å²) in [6, 6.07) is 8.85. The van der Waals surface area contributed by atoms with Crippen LogP contribution in [-0.4, -0.2) is 0 Å². The standard InChI is InChI=1S/C16H23P/c1-2-3-4-5-6-7-12-16-15-11-9-8-10-14(15)13-17-16/h8-11,13,17H,2-7,12H2,1H3. The van der Waals surface area contributed by atoms with Gasteiger partial charge in [-0.05, 0) is 34.7 Å². The van der Waals surface area contributed by atoms with E-state index in [1.165, 1.54) is 55.7 Å². The number of unbranched alkanes of at least 4 members (excludes halogenated alkanes) is 5. The first kappa shape index (κ1) is 12.7. The average molecular weight is 246 g/mol. The molecule has 17 heavy (non-hydrogen) atoms. The topological polar surface area (TPSA) is 0 Å². The Balaban J connectivity index is 1.79. The molecule has 0 N–H and O–H groups in total. The lowest BCUT2D eigenvalue weighted by atomic mass is 10.1. The molecule has 2 aromatic rings. The molecule has 0 fully saturated rings. The number of benzene rings is 1. The summed E-state index contributed by atoms with van der Waals surface area (Å²) in [6.07, 6.45) is 9.73. The van der Waals surface area contributed by atoms with Crippen molar-refractivity contribution in [3.8, 4) is 0 Å². The van der Waals surface area contributed by atoms with Crippen LogP contribution in [0.3, 0.4) is 0 Å². The zero-order valence-corrected chi connectivity index (χ0v) is 11.8. The lowest BCUT2D eigenvalue weighted by molar-refractivity contribution is 0.609. The second-order valence-corrected chi connectivity index (χ2v) is 6.05. The molecule has 1 atom stereocenters. The quantitative estimate of drug-likeness (QED) is 0.544. The van der Waals surface area contributed by atoms with Gasteiger partial charge in [-0.2, -0.15) is 0 Å². The SMILES string of the molecule is CCCCCCCCc1[pH]cc2ccccc12. The molecule has 0 saturated heterocycles. The monoisotopic (exact) mass is 246 g/mol. The first-order valence-corrected chi connectivity index (χ1v) is 8.04. The van der Waals surface area contributed by atoms with Crippen molar-refractivity contribution in [2.45, 2.75) is 51.9 Å². The lowest BCUT2D eigenvalue weighted by Crippen LogP contribution is -1.83. The molecule has 0 bridgehead atoms. The molecule has 1 heterocycles. The highest BCUT2D eigenvalue weighted by Gasteiger charge is 2.01. The Labute approximate surface area is 107 Å². The summed E-state index contributed by atoms with van der Waals surface area (Å²) in [4.78, 5) is 0. The van der Waals surface area contributed by atoms with Gasteiger partial charge in [0, 0.05) is 0 Å². The number of aryl methyl sites for hydroxylation is 1. The predicted octanol–water partition coefficient (Wildman–Crippen LogP) is 5.77. The molecule has 0 spiro atoms. The number of hydrogen-bond donors (Lipinski definition) is 0. The summed E-state index contributed by atoms with van der Waals surface area (Å²) in [7, 11) is 0.941. The molecule has 0 aliphatic carbocycles. The van der Waals surface area contributed by atoms with Crippen molar-refractivity contribution in [1.29, 1.82) is 0 Å². The summed E-state index contributed by atoms with van der Waals surface area (Å²) in [5.74, 6) is 2.40. The Kier molecular flexibility index (Phi) is 5.13. The van der Waals surface area contributed by atoms with Crippen LogP contribution in [0.25, 0.3) is 10.8 Å². The fourth-order valence-corrected chi connectivity index (χ4v) is 3.72. The third kappa shape index (κ3) is 3.61. The Bertz CT molecular complexity index is 441. The predicted molar refractivity (Wildman–Crippen MR) is 80.5 cm³/mol. The van der Waals surface area contributed by atoms with E-state index < -0.39 is 0 Å². The molecular formula is C16H23P. The van der Waals surface area contributed by atoms with Crippen LogP contribution in [0.4, 0.5) is 0 Å². The van der Waals surface area contributed by atoms with Gasteiger partial charge < -0.3 is 0 Å². The average Bonchev–Trinajstić information content (AvgIpc) is 2.77. The summed E-state index contributed by atoms with van der Waals surface area (Å²) in [6.45, 7) is 2.28. The van der Waals surface area contributed by atoms with E-state index in [9.17, 15) is 0 Å². The Morgan fingerprint density at radius 1 is 0.941 bits per heavy atom. The first-order chi connectivity index (χ1) is 8.42. The Morgan fingerprint density at radius 3 is 2.59 bits per heavy atom. The van der Waals surface area contributed by atoms with Gasteiger partial charge in [0.1, 0.15) is 0 Å². The molecule has 1 heteroatoms. The largest absolute Gasteiger partial charge is 0.135 e. The minimum atomic E-state index is 0.941. The van der Waals surface area contributed by atoms with Crippen LogP contribution in [0.5, 0.6) is 0 Å².